The van der Waals surface area contributed by atoms with E-state index in [9.17, 15) is 0 Å². The van der Waals surface area contributed by atoms with E-state index >= 15 is 0 Å². The first-order chi connectivity index (χ1) is 9.45. The van der Waals surface area contributed by atoms with E-state index in [-0.39, 0.29) is 6.04 Å². The van der Waals surface area contributed by atoms with Gasteiger partial charge < -0.3 is 0 Å². The smallest absolute Gasteiger partial charge is 0.0738 e. The molecule has 2 rings (SSSR count). The monoisotopic (exact) mass is 420 g/mol. The third-order valence-electron chi connectivity index (χ3n) is 3.22. The summed E-state index contributed by atoms with van der Waals surface area (Å²) in [6, 6.07) is 5.73. The van der Waals surface area contributed by atoms with Crippen LogP contribution in [0.15, 0.2) is 27.1 Å². The van der Waals surface area contributed by atoms with Crippen LogP contribution in [-0.2, 0) is 13.5 Å². The van der Waals surface area contributed by atoms with Gasteiger partial charge in [0.1, 0.15) is 0 Å². The Morgan fingerprint density at radius 2 is 2.15 bits per heavy atom. The molecule has 0 spiro atoms. The molecule has 0 saturated heterocycles. The summed E-state index contributed by atoms with van der Waals surface area (Å²) in [4.78, 5) is 0. The Morgan fingerprint density at radius 3 is 2.70 bits per heavy atom. The zero-order chi connectivity index (χ0) is 14.9. The van der Waals surface area contributed by atoms with E-state index in [2.05, 4.69) is 42.4 Å². The highest BCUT2D eigenvalue weighted by molar-refractivity contribution is 9.10. The van der Waals surface area contributed by atoms with E-state index in [1.807, 2.05) is 36.9 Å². The topological polar surface area (TPSA) is 55.9 Å². The van der Waals surface area contributed by atoms with Crippen LogP contribution in [-0.4, -0.2) is 9.78 Å². The normalized spacial score (nSPS) is 12.7. The first-order valence-electron chi connectivity index (χ1n) is 6.03. The van der Waals surface area contributed by atoms with E-state index in [1.165, 1.54) is 0 Å². The Bertz CT molecular complexity index is 627. The fourth-order valence-electron chi connectivity index (χ4n) is 2.14. The number of nitrogens with zero attached hydrogens (tertiary/aromatic N) is 2. The van der Waals surface area contributed by atoms with Crippen LogP contribution in [0.5, 0.6) is 0 Å². The predicted molar refractivity (Wildman–Crippen MR) is 88.6 cm³/mol. The van der Waals surface area contributed by atoms with Crippen LogP contribution in [0.1, 0.15) is 23.0 Å². The maximum absolute atomic E-state index is 6.34. The number of hydrogen-bond acceptors (Lipinski definition) is 3. The molecule has 0 aliphatic carbocycles. The third-order valence-corrected chi connectivity index (χ3v) is 5.56. The lowest BCUT2D eigenvalue weighted by Crippen LogP contribution is -2.30. The second-order valence-electron chi connectivity index (χ2n) is 4.54. The van der Waals surface area contributed by atoms with E-state index in [0.29, 0.717) is 11.4 Å². The van der Waals surface area contributed by atoms with Gasteiger partial charge in [-0.2, -0.15) is 5.10 Å². The Hall–Kier alpha value is -0.400. The Kier molecular flexibility index (Phi) is 5.25. The third kappa shape index (κ3) is 3.09. The molecule has 0 fully saturated rings. The van der Waals surface area contributed by atoms with Gasteiger partial charge in [0, 0.05) is 17.9 Å². The van der Waals surface area contributed by atoms with Gasteiger partial charge >= 0.3 is 0 Å². The Morgan fingerprint density at radius 1 is 1.45 bits per heavy atom. The van der Waals surface area contributed by atoms with Crippen molar-refractivity contribution < 1.29 is 0 Å². The van der Waals surface area contributed by atoms with Gasteiger partial charge in [-0.15, -0.1) is 0 Å². The summed E-state index contributed by atoms with van der Waals surface area (Å²) in [6.45, 7) is 1.96. The summed E-state index contributed by atoms with van der Waals surface area (Å²) in [6.07, 6.45) is 0.685. The van der Waals surface area contributed by atoms with Crippen LogP contribution >= 0.6 is 43.5 Å². The molecule has 3 N–H and O–H groups in total. The zero-order valence-electron chi connectivity index (χ0n) is 11.1. The van der Waals surface area contributed by atoms with Gasteiger partial charge in [-0.05, 0) is 50.4 Å². The van der Waals surface area contributed by atoms with E-state index in [4.69, 9.17) is 17.4 Å². The lowest BCUT2D eigenvalue weighted by Gasteiger charge is -2.18. The second-order valence-corrected chi connectivity index (χ2v) is 6.56. The van der Waals surface area contributed by atoms with E-state index in [1.54, 1.807) is 0 Å². The highest BCUT2D eigenvalue weighted by Gasteiger charge is 2.20. The summed E-state index contributed by atoms with van der Waals surface area (Å²) in [5.74, 6) is 5.71. The van der Waals surface area contributed by atoms with Crippen LogP contribution in [0.2, 0.25) is 5.02 Å². The molecule has 108 valence electrons. The first kappa shape index (κ1) is 16.0. The highest BCUT2D eigenvalue weighted by Crippen LogP contribution is 2.33. The minimum atomic E-state index is -0.0916. The van der Waals surface area contributed by atoms with Crippen molar-refractivity contribution in [2.75, 3.05) is 0 Å². The molecule has 1 aromatic heterocycles. The molecule has 2 aromatic rings. The molecular weight excluding hydrogens is 407 g/mol. The molecule has 0 aliphatic rings. The molecule has 4 nitrogen and oxygen atoms in total. The molecule has 7 heteroatoms. The maximum Gasteiger partial charge on any atom is 0.0738 e. The van der Waals surface area contributed by atoms with Crippen molar-refractivity contribution in [3.8, 4) is 0 Å². The van der Waals surface area contributed by atoms with E-state index < -0.39 is 0 Å². The number of halogens is 3. The van der Waals surface area contributed by atoms with Gasteiger partial charge in [0.2, 0.25) is 0 Å². The number of aromatic nitrogens is 2. The maximum atomic E-state index is 6.34. The van der Waals surface area contributed by atoms with Crippen LogP contribution in [0.4, 0.5) is 0 Å². The number of benzene rings is 1. The van der Waals surface area contributed by atoms with Crippen molar-refractivity contribution in [3.63, 3.8) is 0 Å². The minimum Gasteiger partial charge on any atom is -0.271 e. The molecular formula is C13H15Br2ClN4. The zero-order valence-corrected chi connectivity index (χ0v) is 15.1. The fraction of sp³-hybridized carbons (Fsp3) is 0.308. The van der Waals surface area contributed by atoms with Gasteiger partial charge in [-0.3, -0.25) is 16.0 Å². The van der Waals surface area contributed by atoms with Crippen molar-refractivity contribution in [2.45, 2.75) is 19.4 Å². The van der Waals surface area contributed by atoms with Gasteiger partial charge in [0.25, 0.3) is 0 Å². The predicted octanol–water partition coefficient (Wildman–Crippen LogP) is 3.65. The number of hydrazine groups is 1. The van der Waals surface area contributed by atoms with Crippen LogP contribution in [0, 0.1) is 6.92 Å². The molecule has 0 bridgehead atoms. The number of nitrogens with one attached hydrogen (secondary N) is 1. The highest BCUT2D eigenvalue weighted by atomic mass is 79.9. The fourth-order valence-corrected chi connectivity index (χ4v) is 3.28. The molecule has 0 saturated carbocycles. The summed E-state index contributed by atoms with van der Waals surface area (Å²) in [7, 11) is 1.92. The largest absolute Gasteiger partial charge is 0.271 e. The molecule has 1 atom stereocenters. The Balaban J connectivity index is 2.36. The van der Waals surface area contributed by atoms with Crippen molar-refractivity contribution in [3.05, 3.63) is 49.1 Å². The number of aryl methyl sites for hydroxylation is 2. The second kappa shape index (κ2) is 6.58. The molecule has 1 unspecified atom stereocenters. The minimum absolute atomic E-state index is 0.0916. The van der Waals surface area contributed by atoms with Gasteiger partial charge in [-0.1, -0.05) is 23.7 Å². The van der Waals surface area contributed by atoms with Crippen molar-refractivity contribution >= 4 is 43.5 Å². The molecule has 20 heavy (non-hydrogen) atoms. The summed E-state index contributed by atoms with van der Waals surface area (Å²) >= 11 is 13.3. The average molecular weight is 423 g/mol. The van der Waals surface area contributed by atoms with Gasteiger partial charge in [0.05, 0.1) is 26.9 Å². The van der Waals surface area contributed by atoms with Crippen LogP contribution < -0.4 is 11.3 Å². The SMILES string of the molecule is Cc1nn(C)c(CC(NN)c2cccc(Br)c2Cl)c1Br. The number of hydrogen-bond donors (Lipinski definition) is 2. The van der Waals surface area contributed by atoms with Crippen molar-refractivity contribution in [1.29, 1.82) is 0 Å². The van der Waals surface area contributed by atoms with Crippen LogP contribution in [0.3, 0.4) is 0 Å². The summed E-state index contributed by atoms with van der Waals surface area (Å²) in [5.41, 5.74) is 5.81. The lowest BCUT2D eigenvalue weighted by molar-refractivity contribution is 0.529. The molecule has 0 amide bonds. The number of nitrogens with two attached hydrogens (primary N) is 1. The Labute approximate surface area is 139 Å². The standard InChI is InChI=1S/C13H15Br2ClN4/c1-7-12(15)11(20(2)19-7)6-10(18-17)8-4-3-5-9(14)13(8)16/h3-5,10,18H,6,17H2,1-2H3. The molecule has 1 aromatic carbocycles. The summed E-state index contributed by atoms with van der Waals surface area (Å²) < 4.78 is 3.72. The molecule has 0 aliphatic heterocycles. The number of rotatable bonds is 4. The van der Waals surface area contributed by atoms with Gasteiger partial charge in [-0.25, -0.2) is 0 Å². The average Bonchev–Trinajstić information content (AvgIpc) is 2.65. The van der Waals surface area contributed by atoms with E-state index in [0.717, 1.165) is 25.9 Å². The van der Waals surface area contributed by atoms with Crippen molar-refractivity contribution in [1.82, 2.24) is 15.2 Å². The first-order valence-corrected chi connectivity index (χ1v) is 8.00. The quantitative estimate of drug-likeness (QED) is 0.584. The summed E-state index contributed by atoms with van der Waals surface area (Å²) in [5, 5.41) is 5.06. The van der Waals surface area contributed by atoms with Crippen molar-refractivity contribution in [2.24, 2.45) is 12.9 Å². The van der Waals surface area contributed by atoms with Gasteiger partial charge in [0.15, 0.2) is 0 Å². The van der Waals surface area contributed by atoms with Crippen LogP contribution in [0.25, 0.3) is 0 Å². The molecule has 0 radical (unpaired) electrons. The lowest BCUT2D eigenvalue weighted by atomic mass is 10.0. The molecule has 1 heterocycles.